The zero-order chi connectivity index (χ0) is 17.8. The number of nitrogens with zero attached hydrogens (tertiary/aromatic N) is 5. The molecule has 0 atom stereocenters. The van der Waals surface area contributed by atoms with Crippen molar-refractivity contribution >= 4 is 11.8 Å². The van der Waals surface area contributed by atoms with Crippen LogP contribution in [0.15, 0.2) is 18.3 Å². The number of likely N-dealkylation sites (tertiary alicyclic amines) is 1. The number of amides is 2. The molecule has 3 rings (SSSR count). The maximum atomic E-state index is 12.5. The zero-order valence-corrected chi connectivity index (χ0v) is 14.9. The first-order valence-corrected chi connectivity index (χ1v) is 8.83. The predicted octanol–water partition coefficient (Wildman–Crippen LogP) is 1.58. The Morgan fingerprint density at radius 1 is 1.40 bits per heavy atom. The lowest BCUT2D eigenvalue weighted by molar-refractivity contribution is 0.192. The third-order valence-electron chi connectivity index (χ3n) is 4.79. The van der Waals surface area contributed by atoms with E-state index in [2.05, 4.69) is 15.5 Å². The molecular weight excluding hydrogens is 320 g/mol. The highest BCUT2D eigenvalue weighted by Gasteiger charge is 2.26. The monoisotopic (exact) mass is 346 g/mol. The highest BCUT2D eigenvalue weighted by Crippen LogP contribution is 2.28. The number of aromatic nitrogens is 4. The van der Waals surface area contributed by atoms with Crippen molar-refractivity contribution in [1.82, 2.24) is 24.5 Å². The van der Waals surface area contributed by atoms with Gasteiger partial charge in [-0.05, 0) is 25.3 Å². The molecular formula is C17H26N6O2. The standard InChI is InChI=1S/C17H26N6O2/c1-3-14-12-16(21(2)20-14)19-17(25)22-8-5-13(6-9-22)15-4-7-18-23(15)10-11-24/h4,7,12-13,24H,3,5-6,8-11H2,1-2H3,(H,19,25). The third-order valence-corrected chi connectivity index (χ3v) is 4.79. The lowest BCUT2D eigenvalue weighted by atomic mass is 9.93. The Hall–Kier alpha value is -2.35. The number of anilines is 1. The van der Waals surface area contributed by atoms with Crippen LogP contribution < -0.4 is 5.32 Å². The molecule has 0 aromatic carbocycles. The summed E-state index contributed by atoms with van der Waals surface area (Å²) in [5, 5.41) is 20.7. The van der Waals surface area contributed by atoms with Crippen molar-refractivity contribution in [2.24, 2.45) is 7.05 Å². The van der Waals surface area contributed by atoms with E-state index in [1.165, 1.54) is 0 Å². The molecule has 1 aliphatic heterocycles. The highest BCUT2D eigenvalue weighted by atomic mass is 16.3. The number of hydrogen-bond donors (Lipinski definition) is 2. The number of aryl methyl sites for hydroxylation is 2. The van der Waals surface area contributed by atoms with E-state index in [9.17, 15) is 4.79 Å². The summed E-state index contributed by atoms with van der Waals surface area (Å²) < 4.78 is 3.57. The van der Waals surface area contributed by atoms with Gasteiger partial charge in [0.15, 0.2) is 0 Å². The van der Waals surface area contributed by atoms with Crippen molar-refractivity contribution in [2.45, 2.75) is 38.6 Å². The number of hydrogen-bond acceptors (Lipinski definition) is 4. The van der Waals surface area contributed by atoms with Crippen molar-refractivity contribution in [3.8, 4) is 0 Å². The molecule has 2 aromatic rings. The molecule has 0 saturated carbocycles. The van der Waals surface area contributed by atoms with Gasteiger partial charge in [0.25, 0.3) is 0 Å². The van der Waals surface area contributed by atoms with Crippen LogP contribution in [0, 0.1) is 0 Å². The quantitative estimate of drug-likeness (QED) is 0.860. The van der Waals surface area contributed by atoms with Crippen molar-refractivity contribution in [2.75, 3.05) is 25.0 Å². The summed E-state index contributed by atoms with van der Waals surface area (Å²) in [5.41, 5.74) is 2.11. The lowest BCUT2D eigenvalue weighted by Crippen LogP contribution is -2.41. The maximum Gasteiger partial charge on any atom is 0.322 e. The Labute approximate surface area is 147 Å². The van der Waals surface area contributed by atoms with Crippen LogP contribution in [0.2, 0.25) is 0 Å². The fraction of sp³-hybridized carbons (Fsp3) is 0.588. The topological polar surface area (TPSA) is 88.2 Å². The van der Waals surface area contributed by atoms with Crippen LogP contribution in [-0.2, 0) is 20.0 Å². The molecule has 0 radical (unpaired) electrons. The SMILES string of the molecule is CCc1cc(NC(=O)N2CCC(c3ccnn3CCO)CC2)n(C)n1. The highest BCUT2D eigenvalue weighted by molar-refractivity contribution is 5.88. The first kappa shape index (κ1) is 17.5. The van der Waals surface area contributed by atoms with Gasteiger partial charge in [0.1, 0.15) is 5.82 Å². The molecule has 2 amide bonds. The summed E-state index contributed by atoms with van der Waals surface area (Å²) in [7, 11) is 1.84. The lowest BCUT2D eigenvalue weighted by Gasteiger charge is -2.32. The molecule has 25 heavy (non-hydrogen) atoms. The second-order valence-corrected chi connectivity index (χ2v) is 6.39. The van der Waals surface area contributed by atoms with E-state index in [1.807, 2.05) is 35.7 Å². The molecule has 8 heteroatoms. The largest absolute Gasteiger partial charge is 0.394 e. The molecule has 1 saturated heterocycles. The van der Waals surface area contributed by atoms with Crippen LogP contribution in [0.1, 0.15) is 37.1 Å². The minimum absolute atomic E-state index is 0.0760. The molecule has 0 unspecified atom stereocenters. The number of carbonyl (C=O) groups excluding carboxylic acids is 1. The number of aliphatic hydroxyl groups excluding tert-OH is 1. The van der Waals surface area contributed by atoms with Crippen LogP contribution in [0.5, 0.6) is 0 Å². The Morgan fingerprint density at radius 2 is 2.16 bits per heavy atom. The van der Waals surface area contributed by atoms with E-state index < -0.39 is 0 Å². The molecule has 2 N–H and O–H groups in total. The summed E-state index contributed by atoms with van der Waals surface area (Å²) in [4.78, 5) is 14.4. The molecule has 1 fully saturated rings. The normalized spacial score (nSPS) is 15.6. The van der Waals surface area contributed by atoms with Gasteiger partial charge in [-0.25, -0.2) is 4.79 Å². The van der Waals surface area contributed by atoms with Crippen molar-refractivity contribution < 1.29 is 9.90 Å². The number of carbonyl (C=O) groups is 1. The summed E-state index contributed by atoms with van der Waals surface area (Å²) >= 11 is 0. The summed E-state index contributed by atoms with van der Waals surface area (Å²) in [5.74, 6) is 1.10. The average molecular weight is 346 g/mol. The van der Waals surface area contributed by atoms with Gasteiger partial charge in [-0.1, -0.05) is 6.92 Å². The fourth-order valence-electron chi connectivity index (χ4n) is 3.35. The van der Waals surface area contributed by atoms with Gasteiger partial charge in [-0.3, -0.25) is 14.7 Å². The minimum atomic E-state index is -0.0760. The smallest absolute Gasteiger partial charge is 0.322 e. The fourth-order valence-corrected chi connectivity index (χ4v) is 3.35. The molecule has 0 bridgehead atoms. The van der Waals surface area contributed by atoms with E-state index >= 15 is 0 Å². The van der Waals surface area contributed by atoms with Crippen molar-refractivity contribution in [3.63, 3.8) is 0 Å². The van der Waals surface area contributed by atoms with Crippen LogP contribution >= 0.6 is 0 Å². The number of piperidine rings is 1. The van der Waals surface area contributed by atoms with Gasteiger partial charge < -0.3 is 10.0 Å². The van der Waals surface area contributed by atoms with Crippen LogP contribution in [0.4, 0.5) is 10.6 Å². The van der Waals surface area contributed by atoms with E-state index in [0.29, 0.717) is 25.6 Å². The molecule has 3 heterocycles. The molecule has 136 valence electrons. The average Bonchev–Trinajstić information content (AvgIpc) is 3.22. The van der Waals surface area contributed by atoms with Gasteiger partial charge in [0, 0.05) is 44.0 Å². The van der Waals surface area contributed by atoms with E-state index in [1.54, 1.807) is 10.9 Å². The van der Waals surface area contributed by atoms with Gasteiger partial charge >= 0.3 is 6.03 Å². The molecule has 0 aliphatic carbocycles. The Balaban J connectivity index is 1.57. The molecule has 1 aliphatic rings. The van der Waals surface area contributed by atoms with E-state index in [-0.39, 0.29) is 12.6 Å². The van der Waals surface area contributed by atoms with Crippen molar-refractivity contribution in [3.05, 3.63) is 29.7 Å². The molecule has 8 nitrogen and oxygen atoms in total. The number of nitrogens with one attached hydrogen (secondary N) is 1. The maximum absolute atomic E-state index is 12.5. The first-order chi connectivity index (χ1) is 12.1. The number of rotatable bonds is 5. The van der Waals surface area contributed by atoms with E-state index in [4.69, 9.17) is 5.11 Å². The Bertz CT molecular complexity index is 715. The summed E-state index contributed by atoms with van der Waals surface area (Å²) in [6, 6.07) is 3.85. The minimum Gasteiger partial charge on any atom is -0.394 e. The summed E-state index contributed by atoms with van der Waals surface area (Å²) in [6.07, 6.45) is 4.42. The summed E-state index contributed by atoms with van der Waals surface area (Å²) in [6.45, 7) is 4.06. The van der Waals surface area contributed by atoms with E-state index in [0.717, 1.165) is 36.5 Å². The second-order valence-electron chi connectivity index (χ2n) is 6.39. The van der Waals surface area contributed by atoms with Crippen LogP contribution in [0.3, 0.4) is 0 Å². The number of aliphatic hydroxyl groups is 1. The Kier molecular flexibility index (Phi) is 5.37. The molecule has 0 spiro atoms. The van der Waals surface area contributed by atoms with Crippen molar-refractivity contribution in [1.29, 1.82) is 0 Å². The van der Waals surface area contributed by atoms with Crippen LogP contribution in [-0.4, -0.2) is 55.3 Å². The predicted molar refractivity (Wildman–Crippen MR) is 94.5 cm³/mol. The molecule has 2 aromatic heterocycles. The Morgan fingerprint density at radius 3 is 2.80 bits per heavy atom. The van der Waals surface area contributed by atoms with Gasteiger partial charge in [-0.15, -0.1) is 0 Å². The first-order valence-electron chi connectivity index (χ1n) is 8.83. The van der Waals surface area contributed by atoms with Gasteiger partial charge in [0.05, 0.1) is 18.8 Å². The third kappa shape index (κ3) is 3.84. The van der Waals surface area contributed by atoms with Gasteiger partial charge in [-0.2, -0.15) is 10.2 Å². The van der Waals surface area contributed by atoms with Crippen LogP contribution in [0.25, 0.3) is 0 Å². The van der Waals surface area contributed by atoms with Gasteiger partial charge in [0.2, 0.25) is 0 Å². The second kappa shape index (κ2) is 7.69. The zero-order valence-electron chi connectivity index (χ0n) is 14.9. The number of urea groups is 1.